The predicted molar refractivity (Wildman–Crippen MR) is 84.4 cm³/mol. The molecule has 4 nitrogen and oxygen atoms in total. The van der Waals surface area contributed by atoms with Crippen LogP contribution in [0, 0.1) is 0 Å². The number of aromatic amines is 1. The Morgan fingerprint density at radius 2 is 2.24 bits per heavy atom. The molecular formula is C16H17BrN2O2. The minimum Gasteiger partial charge on any atom is -0.374 e. The van der Waals surface area contributed by atoms with E-state index in [1.165, 1.54) is 0 Å². The van der Waals surface area contributed by atoms with E-state index >= 15 is 0 Å². The molecule has 4 rings (SSSR count). The van der Waals surface area contributed by atoms with E-state index in [0.717, 1.165) is 34.6 Å². The lowest BCUT2D eigenvalue weighted by Crippen LogP contribution is -2.51. The summed E-state index contributed by atoms with van der Waals surface area (Å²) >= 11 is 3.47. The normalized spacial score (nSPS) is 25.3. The number of carbonyl (C=O) groups excluding carboxylic acids is 1. The molecular weight excluding hydrogens is 332 g/mol. The monoisotopic (exact) mass is 348 g/mol. The molecule has 1 aliphatic heterocycles. The summed E-state index contributed by atoms with van der Waals surface area (Å²) in [6, 6.07) is 8.20. The SMILES string of the molecule is O=C(c1cc2cc(Br)ccc2[nH]1)N1CCO[C@@H]2CCC[C@H]21. The first-order valence-corrected chi connectivity index (χ1v) is 8.22. The van der Waals surface area contributed by atoms with Gasteiger partial charge in [0.15, 0.2) is 0 Å². The van der Waals surface area contributed by atoms with Crippen LogP contribution in [-0.4, -0.2) is 41.1 Å². The van der Waals surface area contributed by atoms with Crippen LogP contribution in [0.25, 0.3) is 10.9 Å². The maximum atomic E-state index is 12.8. The van der Waals surface area contributed by atoms with E-state index < -0.39 is 0 Å². The number of benzene rings is 1. The van der Waals surface area contributed by atoms with Crippen molar-refractivity contribution in [3.8, 4) is 0 Å². The fourth-order valence-electron chi connectivity index (χ4n) is 3.55. The molecule has 2 fully saturated rings. The number of rotatable bonds is 1. The molecule has 110 valence electrons. The first-order chi connectivity index (χ1) is 10.2. The molecule has 0 spiro atoms. The summed E-state index contributed by atoms with van der Waals surface area (Å²) in [5, 5.41) is 1.06. The fraction of sp³-hybridized carbons (Fsp3) is 0.438. The number of amides is 1. The van der Waals surface area contributed by atoms with Gasteiger partial charge in [-0.05, 0) is 43.5 Å². The zero-order valence-corrected chi connectivity index (χ0v) is 13.2. The van der Waals surface area contributed by atoms with Gasteiger partial charge in [-0.2, -0.15) is 0 Å². The van der Waals surface area contributed by atoms with Crippen molar-refractivity contribution in [2.45, 2.75) is 31.4 Å². The largest absolute Gasteiger partial charge is 0.374 e. The van der Waals surface area contributed by atoms with Crippen molar-refractivity contribution in [1.29, 1.82) is 0 Å². The number of fused-ring (bicyclic) bond motifs is 2. The van der Waals surface area contributed by atoms with Gasteiger partial charge in [0.2, 0.25) is 0 Å². The summed E-state index contributed by atoms with van der Waals surface area (Å²) in [6.07, 6.45) is 3.52. The van der Waals surface area contributed by atoms with Gasteiger partial charge < -0.3 is 14.6 Å². The van der Waals surface area contributed by atoms with Crippen LogP contribution >= 0.6 is 15.9 Å². The van der Waals surface area contributed by atoms with Crippen molar-refractivity contribution in [3.05, 3.63) is 34.4 Å². The van der Waals surface area contributed by atoms with E-state index in [1.54, 1.807) is 0 Å². The Morgan fingerprint density at radius 1 is 1.33 bits per heavy atom. The van der Waals surface area contributed by atoms with E-state index in [0.29, 0.717) is 18.8 Å². The molecule has 1 saturated heterocycles. The molecule has 1 N–H and O–H groups in total. The van der Waals surface area contributed by atoms with E-state index in [-0.39, 0.29) is 18.1 Å². The molecule has 0 bridgehead atoms. The van der Waals surface area contributed by atoms with Crippen LogP contribution in [0.5, 0.6) is 0 Å². The molecule has 2 aromatic rings. The molecule has 0 radical (unpaired) electrons. The number of aromatic nitrogens is 1. The van der Waals surface area contributed by atoms with Gasteiger partial charge >= 0.3 is 0 Å². The quantitative estimate of drug-likeness (QED) is 0.859. The number of nitrogens with zero attached hydrogens (tertiary/aromatic N) is 1. The second-order valence-corrected chi connectivity index (χ2v) is 6.74. The van der Waals surface area contributed by atoms with Gasteiger partial charge in [-0.15, -0.1) is 0 Å². The highest BCUT2D eigenvalue weighted by molar-refractivity contribution is 9.10. The van der Waals surface area contributed by atoms with Crippen molar-refractivity contribution in [2.75, 3.05) is 13.2 Å². The Kier molecular flexibility index (Phi) is 3.27. The van der Waals surface area contributed by atoms with Crippen LogP contribution in [-0.2, 0) is 4.74 Å². The predicted octanol–water partition coefficient (Wildman–Crippen LogP) is 3.32. The molecule has 1 amide bonds. The Labute approximate surface area is 131 Å². The van der Waals surface area contributed by atoms with Crippen LogP contribution in [0.1, 0.15) is 29.8 Å². The molecule has 1 aromatic carbocycles. The Balaban J connectivity index is 1.66. The van der Waals surface area contributed by atoms with Gasteiger partial charge in [0, 0.05) is 21.9 Å². The molecule has 1 aromatic heterocycles. The highest BCUT2D eigenvalue weighted by Crippen LogP contribution is 2.31. The Hall–Kier alpha value is -1.33. The summed E-state index contributed by atoms with van der Waals surface area (Å²) in [5.41, 5.74) is 1.67. The standard InChI is InChI=1S/C16H17BrN2O2/c17-11-4-5-12-10(8-11)9-13(18-12)16(20)19-6-7-21-15-3-1-2-14(15)19/h4-5,8-9,14-15,18H,1-3,6-7H2/t14-,15-/m1/s1. The number of hydrogen-bond donors (Lipinski definition) is 1. The number of H-pyrrole nitrogens is 1. The number of halogens is 1. The van der Waals surface area contributed by atoms with Crippen molar-refractivity contribution in [1.82, 2.24) is 9.88 Å². The van der Waals surface area contributed by atoms with Crippen LogP contribution < -0.4 is 0 Å². The number of ether oxygens (including phenoxy) is 1. The molecule has 21 heavy (non-hydrogen) atoms. The molecule has 5 heteroatoms. The fourth-order valence-corrected chi connectivity index (χ4v) is 3.93. The summed E-state index contributed by atoms with van der Waals surface area (Å²) in [7, 11) is 0. The lowest BCUT2D eigenvalue weighted by atomic mass is 10.1. The average molecular weight is 349 g/mol. The second kappa shape index (κ2) is 5.14. The molecule has 1 aliphatic carbocycles. The van der Waals surface area contributed by atoms with Crippen molar-refractivity contribution in [3.63, 3.8) is 0 Å². The third-order valence-corrected chi connectivity index (χ3v) is 5.05. The average Bonchev–Trinajstić information content (AvgIpc) is 3.11. The van der Waals surface area contributed by atoms with Crippen molar-refractivity contribution < 1.29 is 9.53 Å². The van der Waals surface area contributed by atoms with E-state index in [1.807, 2.05) is 29.2 Å². The molecule has 0 unspecified atom stereocenters. The summed E-state index contributed by atoms with van der Waals surface area (Å²) in [5.74, 6) is 0.0996. The van der Waals surface area contributed by atoms with Crippen LogP contribution in [0.4, 0.5) is 0 Å². The van der Waals surface area contributed by atoms with Crippen LogP contribution in [0.3, 0.4) is 0 Å². The van der Waals surface area contributed by atoms with E-state index in [2.05, 4.69) is 20.9 Å². The van der Waals surface area contributed by atoms with Crippen LogP contribution in [0.2, 0.25) is 0 Å². The topological polar surface area (TPSA) is 45.3 Å². The third-order valence-electron chi connectivity index (χ3n) is 4.56. The maximum absolute atomic E-state index is 12.8. The number of nitrogens with one attached hydrogen (secondary N) is 1. The van der Waals surface area contributed by atoms with Gasteiger partial charge in [-0.25, -0.2) is 0 Å². The minimum atomic E-state index is 0.0996. The smallest absolute Gasteiger partial charge is 0.270 e. The van der Waals surface area contributed by atoms with Gasteiger partial charge in [-0.3, -0.25) is 4.79 Å². The Morgan fingerprint density at radius 3 is 3.14 bits per heavy atom. The summed E-state index contributed by atoms with van der Waals surface area (Å²) in [6.45, 7) is 1.34. The third kappa shape index (κ3) is 2.28. The van der Waals surface area contributed by atoms with E-state index in [9.17, 15) is 4.79 Å². The minimum absolute atomic E-state index is 0.0996. The molecule has 2 heterocycles. The summed E-state index contributed by atoms with van der Waals surface area (Å²) < 4.78 is 6.81. The van der Waals surface area contributed by atoms with Crippen molar-refractivity contribution >= 4 is 32.7 Å². The molecule has 1 saturated carbocycles. The molecule has 2 aliphatic rings. The zero-order chi connectivity index (χ0) is 14.4. The first kappa shape index (κ1) is 13.3. The van der Waals surface area contributed by atoms with Crippen molar-refractivity contribution in [2.24, 2.45) is 0 Å². The first-order valence-electron chi connectivity index (χ1n) is 7.43. The highest BCUT2D eigenvalue weighted by atomic mass is 79.9. The number of carbonyl (C=O) groups is 1. The van der Waals surface area contributed by atoms with Gasteiger partial charge in [0.25, 0.3) is 5.91 Å². The zero-order valence-electron chi connectivity index (χ0n) is 11.6. The van der Waals surface area contributed by atoms with E-state index in [4.69, 9.17) is 4.74 Å². The van der Waals surface area contributed by atoms with Gasteiger partial charge in [0.05, 0.1) is 18.8 Å². The lowest BCUT2D eigenvalue weighted by molar-refractivity contribution is -0.0446. The summed E-state index contributed by atoms with van der Waals surface area (Å²) in [4.78, 5) is 18.1. The van der Waals surface area contributed by atoms with Gasteiger partial charge in [-0.1, -0.05) is 15.9 Å². The Bertz CT molecular complexity index is 697. The lowest BCUT2D eigenvalue weighted by Gasteiger charge is -2.37. The highest BCUT2D eigenvalue weighted by Gasteiger charge is 2.38. The van der Waals surface area contributed by atoms with Gasteiger partial charge in [0.1, 0.15) is 5.69 Å². The molecule has 2 atom stereocenters. The number of hydrogen-bond acceptors (Lipinski definition) is 2. The van der Waals surface area contributed by atoms with Crippen LogP contribution in [0.15, 0.2) is 28.7 Å². The number of morpholine rings is 1. The maximum Gasteiger partial charge on any atom is 0.270 e. The second-order valence-electron chi connectivity index (χ2n) is 5.82.